The Bertz CT molecular complexity index is 462. The summed E-state index contributed by atoms with van der Waals surface area (Å²) in [6.45, 7) is 9.23. The van der Waals surface area contributed by atoms with Gasteiger partial charge in [0.2, 0.25) is 0 Å². The Kier molecular flexibility index (Phi) is 5.82. The zero-order chi connectivity index (χ0) is 15.2. The number of carbonyl (C=O) groups is 1. The zero-order valence-electron chi connectivity index (χ0n) is 13.3. The van der Waals surface area contributed by atoms with E-state index in [2.05, 4.69) is 17.1 Å². The minimum Gasteiger partial charge on any atom is -0.465 e. The van der Waals surface area contributed by atoms with Crippen molar-refractivity contribution in [1.82, 2.24) is 10.2 Å². The molecule has 0 radical (unpaired) electrons. The van der Waals surface area contributed by atoms with E-state index in [0.29, 0.717) is 17.9 Å². The van der Waals surface area contributed by atoms with Gasteiger partial charge in [-0.25, -0.2) is 4.79 Å². The van der Waals surface area contributed by atoms with Crippen LogP contribution in [0.15, 0.2) is 10.5 Å². The van der Waals surface area contributed by atoms with Crippen molar-refractivity contribution in [2.24, 2.45) is 5.92 Å². The molecule has 1 aromatic rings. The van der Waals surface area contributed by atoms with E-state index in [4.69, 9.17) is 9.15 Å². The molecule has 21 heavy (non-hydrogen) atoms. The lowest BCUT2D eigenvalue weighted by Gasteiger charge is -2.31. The Labute approximate surface area is 126 Å². The van der Waals surface area contributed by atoms with E-state index >= 15 is 0 Å². The highest BCUT2D eigenvalue weighted by Crippen LogP contribution is 2.18. The minimum absolute atomic E-state index is 0.338. The summed E-state index contributed by atoms with van der Waals surface area (Å²) in [5.74, 6) is 1.81. The van der Waals surface area contributed by atoms with Gasteiger partial charge in [0.1, 0.15) is 17.1 Å². The predicted octanol–water partition coefficient (Wildman–Crippen LogP) is 2.20. The molecule has 5 nitrogen and oxygen atoms in total. The van der Waals surface area contributed by atoms with Crippen LogP contribution in [0.2, 0.25) is 0 Å². The van der Waals surface area contributed by atoms with Crippen LogP contribution >= 0.6 is 0 Å². The van der Waals surface area contributed by atoms with Crippen molar-refractivity contribution in [3.05, 3.63) is 23.2 Å². The van der Waals surface area contributed by atoms with Gasteiger partial charge >= 0.3 is 5.97 Å². The third-order valence-electron chi connectivity index (χ3n) is 4.26. The molecule has 1 fully saturated rings. The average Bonchev–Trinajstić information content (AvgIpc) is 2.88. The topological polar surface area (TPSA) is 54.7 Å². The van der Waals surface area contributed by atoms with Crippen LogP contribution in [-0.2, 0) is 11.3 Å². The number of methoxy groups -OCH3 is 1. The first kappa shape index (κ1) is 16.0. The number of esters is 1. The standard InChI is InChI=1S/C16H26N2O3/c1-4-18-7-5-13(6-8-18)10-17-11-14-9-15(12(2)21-14)16(19)20-3/h9,13,17H,4-8,10-11H2,1-3H3. The number of nitrogens with one attached hydrogen (secondary N) is 1. The molecular formula is C16H26N2O3. The van der Waals surface area contributed by atoms with Gasteiger partial charge in [0.25, 0.3) is 0 Å². The van der Waals surface area contributed by atoms with E-state index in [1.54, 1.807) is 13.0 Å². The molecule has 0 atom stereocenters. The maximum absolute atomic E-state index is 11.5. The maximum atomic E-state index is 11.5. The number of rotatable bonds is 6. The second-order valence-corrected chi connectivity index (χ2v) is 5.68. The molecule has 2 rings (SSSR count). The summed E-state index contributed by atoms with van der Waals surface area (Å²) in [6.07, 6.45) is 2.51. The molecule has 118 valence electrons. The van der Waals surface area contributed by atoms with Crippen LogP contribution in [0.1, 0.15) is 41.6 Å². The Balaban J connectivity index is 1.75. The van der Waals surface area contributed by atoms with Gasteiger partial charge in [0.05, 0.1) is 13.7 Å². The fourth-order valence-corrected chi connectivity index (χ4v) is 2.85. The molecule has 5 heteroatoms. The third-order valence-corrected chi connectivity index (χ3v) is 4.26. The number of hydrogen-bond donors (Lipinski definition) is 1. The summed E-state index contributed by atoms with van der Waals surface area (Å²) >= 11 is 0. The lowest BCUT2D eigenvalue weighted by molar-refractivity contribution is 0.0599. The molecular weight excluding hydrogens is 268 g/mol. The molecule has 0 spiro atoms. The van der Waals surface area contributed by atoms with Crippen LogP contribution < -0.4 is 5.32 Å². The molecule has 1 aliphatic heterocycles. The Hall–Kier alpha value is -1.33. The van der Waals surface area contributed by atoms with Crippen molar-refractivity contribution in [2.45, 2.75) is 33.2 Å². The molecule has 1 saturated heterocycles. The van der Waals surface area contributed by atoms with Crippen LogP contribution in [0.3, 0.4) is 0 Å². The van der Waals surface area contributed by atoms with Crippen molar-refractivity contribution in [2.75, 3.05) is 33.3 Å². The van der Waals surface area contributed by atoms with Gasteiger partial charge < -0.3 is 19.4 Å². The maximum Gasteiger partial charge on any atom is 0.341 e. The number of aryl methyl sites for hydroxylation is 1. The fraction of sp³-hybridized carbons (Fsp3) is 0.688. The van der Waals surface area contributed by atoms with Crippen molar-refractivity contribution in [1.29, 1.82) is 0 Å². The molecule has 0 aliphatic carbocycles. The summed E-state index contributed by atoms with van der Waals surface area (Å²) in [7, 11) is 1.38. The van der Waals surface area contributed by atoms with Crippen molar-refractivity contribution in [3.63, 3.8) is 0 Å². The SMILES string of the molecule is CCN1CCC(CNCc2cc(C(=O)OC)c(C)o2)CC1. The van der Waals surface area contributed by atoms with Crippen molar-refractivity contribution in [3.8, 4) is 0 Å². The number of nitrogens with zero attached hydrogens (tertiary/aromatic N) is 1. The molecule has 1 aromatic heterocycles. The molecule has 1 N–H and O–H groups in total. The van der Waals surface area contributed by atoms with Gasteiger partial charge in [-0.05, 0) is 57.9 Å². The number of ether oxygens (including phenoxy) is 1. The Morgan fingerprint density at radius 3 is 2.81 bits per heavy atom. The van der Waals surface area contributed by atoms with Gasteiger partial charge in [-0.3, -0.25) is 0 Å². The van der Waals surface area contributed by atoms with E-state index in [0.717, 1.165) is 24.8 Å². The molecule has 0 saturated carbocycles. The fourth-order valence-electron chi connectivity index (χ4n) is 2.85. The highest BCUT2D eigenvalue weighted by molar-refractivity contribution is 5.90. The van der Waals surface area contributed by atoms with E-state index < -0.39 is 0 Å². The summed E-state index contributed by atoms with van der Waals surface area (Å²) < 4.78 is 10.3. The van der Waals surface area contributed by atoms with Crippen molar-refractivity contribution >= 4 is 5.97 Å². The number of furan rings is 1. The lowest BCUT2D eigenvalue weighted by atomic mass is 9.97. The first-order valence-corrected chi connectivity index (χ1v) is 7.74. The highest BCUT2D eigenvalue weighted by atomic mass is 16.5. The second-order valence-electron chi connectivity index (χ2n) is 5.68. The predicted molar refractivity (Wildman–Crippen MR) is 81.3 cm³/mol. The quantitative estimate of drug-likeness (QED) is 0.815. The Morgan fingerprint density at radius 1 is 1.48 bits per heavy atom. The largest absolute Gasteiger partial charge is 0.465 e. The zero-order valence-corrected chi connectivity index (χ0v) is 13.3. The van der Waals surface area contributed by atoms with E-state index in [-0.39, 0.29) is 5.97 Å². The van der Waals surface area contributed by atoms with Gasteiger partial charge in [-0.1, -0.05) is 6.92 Å². The molecule has 0 unspecified atom stereocenters. The summed E-state index contributed by atoms with van der Waals surface area (Å²) in [6, 6.07) is 1.77. The molecule has 1 aliphatic rings. The Morgan fingerprint density at radius 2 is 2.19 bits per heavy atom. The highest BCUT2D eigenvalue weighted by Gasteiger charge is 2.18. The van der Waals surface area contributed by atoms with Gasteiger partial charge in [0, 0.05) is 0 Å². The number of likely N-dealkylation sites (tertiary alicyclic amines) is 1. The van der Waals surface area contributed by atoms with Crippen LogP contribution in [-0.4, -0.2) is 44.2 Å². The van der Waals surface area contributed by atoms with Crippen LogP contribution in [0.25, 0.3) is 0 Å². The lowest BCUT2D eigenvalue weighted by Crippen LogP contribution is -2.36. The average molecular weight is 294 g/mol. The third kappa shape index (κ3) is 4.32. The van der Waals surface area contributed by atoms with Crippen LogP contribution in [0.5, 0.6) is 0 Å². The van der Waals surface area contributed by atoms with Crippen LogP contribution in [0.4, 0.5) is 0 Å². The van der Waals surface area contributed by atoms with Crippen molar-refractivity contribution < 1.29 is 13.9 Å². The molecule has 0 bridgehead atoms. The first-order chi connectivity index (χ1) is 10.1. The monoisotopic (exact) mass is 294 g/mol. The smallest absolute Gasteiger partial charge is 0.341 e. The van der Waals surface area contributed by atoms with Gasteiger partial charge in [0.15, 0.2) is 0 Å². The van der Waals surface area contributed by atoms with E-state index in [9.17, 15) is 4.79 Å². The van der Waals surface area contributed by atoms with E-state index in [1.165, 1.54) is 33.0 Å². The molecule has 2 heterocycles. The van der Waals surface area contributed by atoms with E-state index in [1.807, 2.05) is 0 Å². The van der Waals surface area contributed by atoms with Gasteiger partial charge in [-0.15, -0.1) is 0 Å². The number of carbonyl (C=O) groups excluding carboxylic acids is 1. The second kappa shape index (κ2) is 7.61. The minimum atomic E-state index is -0.338. The number of hydrogen-bond acceptors (Lipinski definition) is 5. The normalized spacial score (nSPS) is 17.1. The molecule has 0 amide bonds. The number of piperidine rings is 1. The summed E-state index contributed by atoms with van der Waals surface area (Å²) in [5.41, 5.74) is 0.519. The summed E-state index contributed by atoms with van der Waals surface area (Å²) in [5, 5.41) is 3.44. The van der Waals surface area contributed by atoms with Gasteiger partial charge in [-0.2, -0.15) is 0 Å². The first-order valence-electron chi connectivity index (χ1n) is 7.74. The van der Waals surface area contributed by atoms with Crippen LogP contribution in [0, 0.1) is 12.8 Å². The summed E-state index contributed by atoms with van der Waals surface area (Å²) in [4.78, 5) is 14.0. The molecule has 0 aromatic carbocycles.